The first kappa shape index (κ1) is 46.2. The van der Waals surface area contributed by atoms with Gasteiger partial charge in [-0.2, -0.15) is 0 Å². The first-order chi connectivity index (χ1) is 30.2. The van der Waals surface area contributed by atoms with Crippen LogP contribution in [-0.2, 0) is 11.9 Å². The Kier molecular flexibility index (Phi) is 15.2. The molecule has 1 N–H and O–H groups in total. The second-order valence-electron chi connectivity index (χ2n) is 15.9. The molecule has 0 spiro atoms. The first-order valence-electron chi connectivity index (χ1n) is 20.4. The smallest absolute Gasteiger partial charge is 0.260 e. The molecule has 0 fully saturated rings. The number of rotatable bonds is 11. The minimum atomic E-state index is -0.524. The molecule has 8 rings (SSSR count). The van der Waals surface area contributed by atoms with E-state index in [9.17, 15) is 22.8 Å². The SMILES string of the molecule is Cc1c[nH]c2c(F)c(-c3ccc(OCC(C)C)cc3)cn2c1=O.Cc1cn(Cc2ccccc2F)c2c(F)c(-c3ccc(OCC(C)C)cc3)cn2c1=O.Fc1ccccc1CBr. The number of nitrogens with zero attached hydrogens (tertiary/aromatic N) is 3. The van der Waals surface area contributed by atoms with Crippen molar-refractivity contribution in [2.45, 2.75) is 53.4 Å². The van der Waals surface area contributed by atoms with Crippen molar-refractivity contribution >= 4 is 27.2 Å². The van der Waals surface area contributed by atoms with Crippen molar-refractivity contribution in [1.82, 2.24) is 18.4 Å². The van der Waals surface area contributed by atoms with Crippen LogP contribution in [0.15, 0.2) is 131 Å². The molecule has 63 heavy (non-hydrogen) atoms. The number of H-pyrrole nitrogens is 1. The van der Waals surface area contributed by atoms with E-state index in [-0.39, 0.29) is 40.6 Å². The standard InChI is InChI=1S/C25H24F2N2O2.C18H19FN2O2.C7H6BrF/c1-16(2)15-31-20-10-8-18(9-11-20)21-14-29-24(23(21)27)28(12-17(3)25(29)30)13-19-6-4-5-7-22(19)26;1-11(2)10-23-14-6-4-13(5-7-14)15-9-21-17(16(15)19)20-8-12(3)18(21)22;8-5-6-3-1-2-4-7(6)9/h4-12,14,16H,13,15H2,1-3H3;4-9,11,20H,10H2,1-3H3;1-4H,5H2. The fourth-order valence-corrected chi connectivity index (χ4v) is 7.02. The highest BCUT2D eigenvalue weighted by Gasteiger charge is 2.19. The van der Waals surface area contributed by atoms with E-state index in [1.54, 1.807) is 91.3 Å². The number of aryl methyl sites for hydroxylation is 2. The van der Waals surface area contributed by atoms with Crippen LogP contribution in [0.5, 0.6) is 11.5 Å². The third-order valence-corrected chi connectivity index (χ3v) is 10.5. The molecule has 0 saturated carbocycles. The highest BCUT2D eigenvalue weighted by atomic mass is 79.9. The van der Waals surface area contributed by atoms with E-state index >= 15 is 4.39 Å². The fourth-order valence-electron chi connectivity index (χ4n) is 6.56. The lowest BCUT2D eigenvalue weighted by molar-refractivity contribution is 0.271. The number of hydrogen-bond acceptors (Lipinski definition) is 4. The van der Waals surface area contributed by atoms with E-state index in [2.05, 4.69) is 48.6 Å². The van der Waals surface area contributed by atoms with Gasteiger partial charge in [0.05, 0.1) is 19.8 Å². The number of ether oxygens (including phenoxy) is 2. The number of fused-ring (bicyclic) bond motifs is 2. The molecule has 0 aliphatic carbocycles. The molecule has 0 bridgehead atoms. The van der Waals surface area contributed by atoms with E-state index in [0.29, 0.717) is 80.6 Å². The molecule has 328 valence electrons. The molecule has 0 unspecified atom stereocenters. The second-order valence-corrected chi connectivity index (χ2v) is 16.5. The Labute approximate surface area is 371 Å². The maximum atomic E-state index is 15.5. The Morgan fingerprint density at radius 1 is 0.603 bits per heavy atom. The number of nitrogens with one attached hydrogen (secondary N) is 1. The number of aromatic amines is 1. The van der Waals surface area contributed by atoms with Gasteiger partial charge in [0.15, 0.2) is 22.9 Å². The molecule has 0 radical (unpaired) electrons. The summed E-state index contributed by atoms with van der Waals surface area (Å²) in [5.74, 6) is 0.823. The third kappa shape index (κ3) is 11.0. The van der Waals surface area contributed by atoms with Gasteiger partial charge < -0.3 is 19.0 Å². The van der Waals surface area contributed by atoms with Gasteiger partial charge in [-0.1, -0.05) is 104 Å². The van der Waals surface area contributed by atoms with Crippen LogP contribution in [0.1, 0.15) is 49.9 Å². The van der Waals surface area contributed by atoms with Crippen molar-refractivity contribution in [2.75, 3.05) is 13.2 Å². The number of aromatic nitrogens is 4. The average molecular weight is 926 g/mol. The molecule has 4 heterocycles. The Morgan fingerprint density at radius 2 is 1.08 bits per heavy atom. The van der Waals surface area contributed by atoms with Crippen LogP contribution >= 0.6 is 15.9 Å². The molecule has 0 saturated heterocycles. The van der Waals surface area contributed by atoms with Crippen LogP contribution in [0.3, 0.4) is 0 Å². The zero-order valence-corrected chi connectivity index (χ0v) is 37.5. The van der Waals surface area contributed by atoms with Gasteiger partial charge in [0, 0.05) is 57.9 Å². The van der Waals surface area contributed by atoms with E-state index in [1.807, 2.05) is 18.2 Å². The Hall–Kier alpha value is -6.34. The third-order valence-electron chi connectivity index (χ3n) is 9.92. The topological polar surface area (TPSA) is 82.1 Å². The normalized spacial score (nSPS) is 11.1. The lowest BCUT2D eigenvalue weighted by Crippen LogP contribution is -2.20. The van der Waals surface area contributed by atoms with Crippen LogP contribution < -0.4 is 20.6 Å². The fraction of sp³-hybridized carbons (Fsp3) is 0.240. The number of hydrogen-bond donors (Lipinski definition) is 1. The van der Waals surface area contributed by atoms with Gasteiger partial charge in [0.1, 0.15) is 23.1 Å². The Morgan fingerprint density at radius 3 is 1.57 bits per heavy atom. The highest BCUT2D eigenvalue weighted by Crippen LogP contribution is 2.30. The lowest BCUT2D eigenvalue weighted by Gasteiger charge is -2.11. The zero-order valence-electron chi connectivity index (χ0n) is 35.9. The highest BCUT2D eigenvalue weighted by molar-refractivity contribution is 9.08. The maximum absolute atomic E-state index is 15.5. The summed E-state index contributed by atoms with van der Waals surface area (Å²) in [5, 5.41) is 0.583. The summed E-state index contributed by atoms with van der Waals surface area (Å²) in [6, 6.07) is 27.4. The predicted octanol–water partition coefficient (Wildman–Crippen LogP) is 11.9. The molecule has 0 atom stereocenters. The molecule has 8 aromatic rings. The summed E-state index contributed by atoms with van der Waals surface area (Å²) >= 11 is 3.17. The molecule has 4 aromatic heterocycles. The summed E-state index contributed by atoms with van der Waals surface area (Å²) in [6.07, 6.45) is 6.12. The summed E-state index contributed by atoms with van der Waals surface area (Å²) in [4.78, 5) is 27.6. The first-order valence-corrected chi connectivity index (χ1v) is 21.6. The minimum absolute atomic E-state index is 0.106. The van der Waals surface area contributed by atoms with Crippen molar-refractivity contribution in [3.63, 3.8) is 0 Å². The summed E-state index contributed by atoms with van der Waals surface area (Å²) in [6.45, 7) is 13.0. The number of benzene rings is 4. The molecule has 0 aliphatic heterocycles. The monoisotopic (exact) mass is 924 g/mol. The van der Waals surface area contributed by atoms with Gasteiger partial charge in [-0.25, -0.2) is 17.6 Å². The van der Waals surface area contributed by atoms with Crippen molar-refractivity contribution in [1.29, 1.82) is 0 Å². The van der Waals surface area contributed by atoms with E-state index in [4.69, 9.17) is 9.47 Å². The van der Waals surface area contributed by atoms with E-state index in [0.717, 1.165) is 5.75 Å². The van der Waals surface area contributed by atoms with Crippen molar-refractivity contribution < 1.29 is 27.0 Å². The lowest BCUT2D eigenvalue weighted by atomic mass is 10.1. The van der Waals surface area contributed by atoms with E-state index in [1.165, 1.54) is 39.5 Å². The summed E-state index contributed by atoms with van der Waals surface area (Å²) in [7, 11) is 0. The van der Waals surface area contributed by atoms with Crippen LogP contribution in [0.2, 0.25) is 0 Å². The molecular formula is C50H49BrF4N4O4. The molecule has 8 nitrogen and oxygen atoms in total. The Bertz CT molecular complexity index is 2940. The van der Waals surface area contributed by atoms with Crippen LogP contribution in [0, 0.1) is 49.0 Å². The molecule has 13 heteroatoms. The van der Waals surface area contributed by atoms with Crippen LogP contribution in [0.25, 0.3) is 33.5 Å². The molecule has 0 amide bonds. The quantitative estimate of drug-likeness (QED) is 0.103. The van der Waals surface area contributed by atoms with E-state index < -0.39 is 11.6 Å². The summed E-state index contributed by atoms with van der Waals surface area (Å²) in [5.41, 5.74) is 3.89. The number of halogens is 5. The van der Waals surface area contributed by atoms with Gasteiger partial charge in [-0.05, 0) is 78.8 Å². The maximum Gasteiger partial charge on any atom is 0.260 e. The Balaban J connectivity index is 0.000000180. The predicted molar refractivity (Wildman–Crippen MR) is 245 cm³/mol. The minimum Gasteiger partial charge on any atom is -0.493 e. The van der Waals surface area contributed by atoms with Gasteiger partial charge in [-0.15, -0.1) is 0 Å². The van der Waals surface area contributed by atoms with Crippen molar-refractivity contribution in [3.8, 4) is 33.8 Å². The summed E-state index contributed by atoms with van der Waals surface area (Å²) < 4.78 is 72.3. The van der Waals surface area contributed by atoms with Gasteiger partial charge >= 0.3 is 0 Å². The largest absolute Gasteiger partial charge is 0.493 e. The molecule has 0 aliphatic rings. The van der Waals surface area contributed by atoms with Gasteiger partial charge in [0.2, 0.25) is 0 Å². The van der Waals surface area contributed by atoms with Crippen LogP contribution in [0.4, 0.5) is 17.6 Å². The number of alkyl halides is 1. The van der Waals surface area contributed by atoms with Crippen molar-refractivity contribution in [3.05, 3.63) is 188 Å². The van der Waals surface area contributed by atoms with Crippen LogP contribution in [-0.4, -0.2) is 31.6 Å². The van der Waals surface area contributed by atoms with Gasteiger partial charge in [0.25, 0.3) is 11.1 Å². The molecular weight excluding hydrogens is 876 g/mol. The molecule has 4 aromatic carbocycles. The zero-order chi connectivity index (χ0) is 45.4. The van der Waals surface area contributed by atoms with Crippen molar-refractivity contribution in [2.24, 2.45) is 11.8 Å². The van der Waals surface area contributed by atoms with Gasteiger partial charge in [-0.3, -0.25) is 18.4 Å². The average Bonchev–Trinajstić information content (AvgIpc) is 3.81. The second kappa shape index (κ2) is 20.7.